The van der Waals surface area contributed by atoms with Crippen molar-refractivity contribution in [1.29, 1.82) is 0 Å². The Morgan fingerprint density at radius 1 is 1.26 bits per heavy atom. The molecule has 2 N–H and O–H groups in total. The van der Waals surface area contributed by atoms with Crippen LogP contribution in [0.5, 0.6) is 5.75 Å². The smallest absolute Gasteiger partial charge is 0.186 e. The van der Waals surface area contributed by atoms with E-state index in [1.807, 2.05) is 6.92 Å². The molecule has 1 aromatic carbocycles. The maximum atomic E-state index is 13.7. The summed E-state index contributed by atoms with van der Waals surface area (Å²) in [7, 11) is 0. The first-order valence-corrected chi connectivity index (χ1v) is 5.79. The zero-order valence-corrected chi connectivity index (χ0v) is 10.5. The minimum atomic E-state index is -0.770. The van der Waals surface area contributed by atoms with Gasteiger partial charge in [-0.1, -0.05) is 0 Å². The molecule has 0 bridgehead atoms. The molecule has 0 atom stereocenters. The summed E-state index contributed by atoms with van der Waals surface area (Å²) in [5.74, 6) is -1.46. The minimum Gasteiger partial charge on any atom is -0.505 e. The molecule has 1 heterocycles. The Labute approximate surface area is 109 Å². The summed E-state index contributed by atoms with van der Waals surface area (Å²) in [4.78, 5) is 8.00. The number of nitrogens with zero attached hydrogens (tertiary/aromatic N) is 2. The molecule has 4 nitrogen and oxygen atoms in total. The molecule has 0 unspecified atom stereocenters. The lowest BCUT2D eigenvalue weighted by Crippen LogP contribution is -2.06. The number of phenols is 1. The number of anilines is 1. The van der Waals surface area contributed by atoms with E-state index in [1.165, 1.54) is 19.1 Å². The first kappa shape index (κ1) is 13.2. The maximum Gasteiger partial charge on any atom is 0.186 e. The monoisotopic (exact) mass is 265 g/mol. The van der Waals surface area contributed by atoms with Gasteiger partial charge in [-0.05, 0) is 32.0 Å². The molecule has 0 saturated carbocycles. The van der Waals surface area contributed by atoms with Gasteiger partial charge in [0, 0.05) is 12.1 Å². The van der Waals surface area contributed by atoms with Crippen LogP contribution in [0, 0.1) is 18.6 Å². The summed E-state index contributed by atoms with van der Waals surface area (Å²) in [6.45, 7) is 3.84. The number of aromatic hydroxyl groups is 1. The highest BCUT2D eigenvalue weighted by molar-refractivity contribution is 5.59. The third kappa shape index (κ3) is 2.62. The molecule has 2 aromatic rings. The van der Waals surface area contributed by atoms with Crippen molar-refractivity contribution in [2.24, 2.45) is 0 Å². The first-order chi connectivity index (χ1) is 9.02. The van der Waals surface area contributed by atoms with E-state index in [0.717, 1.165) is 6.07 Å². The third-order valence-electron chi connectivity index (χ3n) is 2.57. The van der Waals surface area contributed by atoms with Crippen LogP contribution in [0.1, 0.15) is 12.6 Å². The zero-order chi connectivity index (χ0) is 14.0. The Bertz CT molecular complexity index is 617. The van der Waals surface area contributed by atoms with E-state index in [0.29, 0.717) is 12.1 Å². The third-order valence-corrected chi connectivity index (χ3v) is 2.57. The molecule has 1 aromatic heterocycles. The van der Waals surface area contributed by atoms with E-state index in [1.54, 1.807) is 0 Å². The van der Waals surface area contributed by atoms with Crippen LogP contribution in [0.4, 0.5) is 14.6 Å². The van der Waals surface area contributed by atoms with Crippen molar-refractivity contribution in [3.8, 4) is 17.1 Å². The van der Waals surface area contributed by atoms with Crippen molar-refractivity contribution in [3.05, 3.63) is 35.5 Å². The lowest BCUT2D eigenvalue weighted by molar-refractivity contribution is 0.432. The molecule has 0 amide bonds. The van der Waals surface area contributed by atoms with Crippen molar-refractivity contribution < 1.29 is 13.9 Å². The lowest BCUT2D eigenvalue weighted by atomic mass is 10.2. The second-order valence-corrected chi connectivity index (χ2v) is 3.99. The Kier molecular flexibility index (Phi) is 3.59. The van der Waals surface area contributed by atoms with Gasteiger partial charge in [0.2, 0.25) is 0 Å². The fourth-order valence-electron chi connectivity index (χ4n) is 1.62. The van der Waals surface area contributed by atoms with Crippen LogP contribution >= 0.6 is 0 Å². The Balaban J connectivity index is 2.52. The van der Waals surface area contributed by atoms with Crippen LogP contribution < -0.4 is 5.32 Å². The van der Waals surface area contributed by atoms with Crippen LogP contribution in [-0.2, 0) is 0 Å². The highest BCUT2D eigenvalue weighted by atomic mass is 19.1. The van der Waals surface area contributed by atoms with Crippen molar-refractivity contribution in [1.82, 2.24) is 9.97 Å². The molecule has 100 valence electrons. The predicted octanol–water partition coefficient (Wildman–Crippen LogP) is 2.87. The van der Waals surface area contributed by atoms with Gasteiger partial charge in [-0.25, -0.2) is 18.7 Å². The van der Waals surface area contributed by atoms with Crippen molar-refractivity contribution in [2.45, 2.75) is 13.8 Å². The lowest BCUT2D eigenvalue weighted by Gasteiger charge is -2.09. The number of benzene rings is 1. The van der Waals surface area contributed by atoms with E-state index in [-0.39, 0.29) is 17.3 Å². The molecule has 6 heteroatoms. The molecule has 0 aliphatic carbocycles. The largest absolute Gasteiger partial charge is 0.505 e. The summed E-state index contributed by atoms with van der Waals surface area (Å²) in [6.07, 6.45) is 0. The number of nitrogens with one attached hydrogen (secondary N) is 1. The van der Waals surface area contributed by atoms with Crippen molar-refractivity contribution >= 4 is 5.82 Å². The van der Waals surface area contributed by atoms with Crippen LogP contribution in [0.2, 0.25) is 0 Å². The van der Waals surface area contributed by atoms with Crippen LogP contribution in [-0.4, -0.2) is 21.6 Å². The summed E-state index contributed by atoms with van der Waals surface area (Å²) in [5.41, 5.74) is 0.548. The van der Waals surface area contributed by atoms with Gasteiger partial charge in [0.15, 0.2) is 29.0 Å². The highest BCUT2D eigenvalue weighted by Gasteiger charge is 2.13. The quantitative estimate of drug-likeness (QED) is 0.896. The molecular formula is C13H13F2N3O. The predicted molar refractivity (Wildman–Crippen MR) is 67.9 cm³/mol. The van der Waals surface area contributed by atoms with E-state index in [9.17, 15) is 8.78 Å². The van der Waals surface area contributed by atoms with Crippen molar-refractivity contribution in [3.63, 3.8) is 0 Å². The molecule has 0 saturated heterocycles. The van der Waals surface area contributed by atoms with Gasteiger partial charge in [0.1, 0.15) is 0 Å². The number of aryl methyl sites for hydroxylation is 1. The fraction of sp³-hybridized carbons (Fsp3) is 0.231. The first-order valence-electron chi connectivity index (χ1n) is 5.79. The number of aromatic nitrogens is 2. The average Bonchev–Trinajstić information content (AvgIpc) is 2.38. The van der Waals surface area contributed by atoms with Gasteiger partial charge >= 0.3 is 0 Å². The normalized spacial score (nSPS) is 10.5. The van der Waals surface area contributed by atoms with E-state index < -0.39 is 17.4 Å². The van der Waals surface area contributed by atoms with Crippen LogP contribution in [0.15, 0.2) is 18.2 Å². The number of hydrogen-bond acceptors (Lipinski definition) is 4. The summed E-state index contributed by atoms with van der Waals surface area (Å²) in [6, 6.07) is 3.79. The topological polar surface area (TPSA) is 58.0 Å². The van der Waals surface area contributed by atoms with Crippen molar-refractivity contribution in [2.75, 3.05) is 11.9 Å². The molecule has 19 heavy (non-hydrogen) atoms. The SMILES string of the molecule is CCNc1nc(-c2ccc(O)c(F)c2)nc(C)c1F. The maximum absolute atomic E-state index is 13.7. The average molecular weight is 265 g/mol. The molecular weight excluding hydrogens is 252 g/mol. The second kappa shape index (κ2) is 5.17. The van der Waals surface area contributed by atoms with E-state index in [2.05, 4.69) is 15.3 Å². The van der Waals surface area contributed by atoms with Gasteiger partial charge in [-0.15, -0.1) is 0 Å². The van der Waals surface area contributed by atoms with Gasteiger partial charge in [0.25, 0.3) is 0 Å². The molecule has 0 aliphatic heterocycles. The van der Waals surface area contributed by atoms with Gasteiger partial charge in [-0.3, -0.25) is 0 Å². The van der Waals surface area contributed by atoms with E-state index in [4.69, 9.17) is 5.11 Å². The molecule has 0 radical (unpaired) electrons. The van der Waals surface area contributed by atoms with Crippen LogP contribution in [0.3, 0.4) is 0 Å². The van der Waals surface area contributed by atoms with Gasteiger partial charge < -0.3 is 10.4 Å². The molecule has 0 spiro atoms. The number of halogens is 2. The second-order valence-electron chi connectivity index (χ2n) is 3.99. The summed E-state index contributed by atoms with van der Waals surface area (Å²) in [5, 5.41) is 11.9. The zero-order valence-electron chi connectivity index (χ0n) is 10.5. The Morgan fingerprint density at radius 2 is 2.00 bits per heavy atom. The van der Waals surface area contributed by atoms with Crippen LogP contribution in [0.25, 0.3) is 11.4 Å². The number of hydrogen-bond donors (Lipinski definition) is 2. The number of phenolic OH excluding ortho intramolecular Hbond substituents is 1. The Morgan fingerprint density at radius 3 is 2.63 bits per heavy atom. The van der Waals surface area contributed by atoms with Gasteiger partial charge in [-0.2, -0.15) is 0 Å². The highest BCUT2D eigenvalue weighted by Crippen LogP contribution is 2.24. The Hall–Kier alpha value is -2.24. The molecule has 0 fully saturated rings. The minimum absolute atomic E-state index is 0.0819. The fourth-order valence-corrected chi connectivity index (χ4v) is 1.62. The summed E-state index contributed by atoms with van der Waals surface area (Å²) < 4.78 is 27.0. The molecule has 0 aliphatic rings. The standard InChI is InChI=1S/C13H13F2N3O/c1-3-16-13-11(15)7(2)17-12(18-13)8-4-5-10(19)9(14)6-8/h4-6,19H,3H2,1-2H3,(H,16,17,18). The van der Waals surface area contributed by atoms with E-state index >= 15 is 0 Å². The summed E-state index contributed by atoms with van der Waals surface area (Å²) >= 11 is 0. The number of rotatable bonds is 3. The van der Waals surface area contributed by atoms with Gasteiger partial charge in [0.05, 0.1) is 5.69 Å². The molecule has 2 rings (SSSR count).